The molecular weight excluding hydrogens is 1690 g/mol. The predicted octanol–water partition coefficient (Wildman–Crippen LogP) is 13.6. The number of aliphatic hydroxyl groups is 1. The van der Waals surface area contributed by atoms with Crippen LogP contribution in [0.3, 0.4) is 0 Å². The number of carbonyl (C=O) groups is 5. The average Bonchev–Trinajstić information content (AvgIpc) is 1.66. The van der Waals surface area contributed by atoms with Gasteiger partial charge in [0.05, 0.1) is 159 Å². The van der Waals surface area contributed by atoms with Gasteiger partial charge in [0.25, 0.3) is 23.6 Å². The number of pyridine rings is 8. The van der Waals surface area contributed by atoms with Crippen LogP contribution in [0.25, 0.3) is 72.4 Å². The first-order chi connectivity index (χ1) is 60.4. The van der Waals surface area contributed by atoms with Gasteiger partial charge in [0.1, 0.15) is 33.6 Å². The van der Waals surface area contributed by atoms with E-state index in [2.05, 4.69) is 104 Å². The number of nitrogens with zero attached hydrogens (tertiary/aromatic N) is 16. The van der Waals surface area contributed by atoms with E-state index < -0.39 is 0 Å². The van der Waals surface area contributed by atoms with Gasteiger partial charge in [0.2, 0.25) is 0 Å². The van der Waals surface area contributed by atoms with Gasteiger partial charge in [-0.1, -0.05) is 34.3 Å². The molecule has 0 unspecified atom stereocenters. The molecule has 0 bridgehead atoms. The Morgan fingerprint density at radius 3 is 0.992 bits per heavy atom. The van der Waals surface area contributed by atoms with Crippen molar-refractivity contribution in [3.63, 3.8) is 0 Å². The number of aromatic nitrogens is 16. The van der Waals surface area contributed by atoms with E-state index in [-0.39, 0.29) is 117 Å². The first kappa shape index (κ1) is 93.1. The molecule has 1 saturated heterocycles. The van der Waals surface area contributed by atoms with Gasteiger partial charge in [-0.15, -0.1) is 0 Å². The number of ether oxygens (including phenoxy) is 1. The summed E-state index contributed by atoms with van der Waals surface area (Å²) in [6.07, 6.45) is 33.2. The van der Waals surface area contributed by atoms with Gasteiger partial charge in [-0.05, 0) is 228 Å². The molecule has 16 aromatic rings. The Hall–Kier alpha value is -13.6. The normalized spacial score (nSPS) is 12.3. The number of halogens is 5. The maximum Gasteiger partial charge on any atom is 1.00 e. The molecule has 0 spiro atoms. The molecule has 4 atom stereocenters. The first-order valence-corrected chi connectivity index (χ1v) is 40.5. The van der Waals surface area contributed by atoms with Gasteiger partial charge < -0.3 is 32.5 Å². The maximum atomic E-state index is 13.3. The van der Waals surface area contributed by atoms with E-state index in [0.717, 1.165) is 47.6 Å². The minimum absolute atomic E-state index is 0. The van der Waals surface area contributed by atoms with Crippen molar-refractivity contribution in [3.05, 3.63) is 341 Å². The van der Waals surface area contributed by atoms with Gasteiger partial charge in [0.15, 0.2) is 6.29 Å². The third-order valence-electron chi connectivity index (χ3n) is 20.2. The summed E-state index contributed by atoms with van der Waals surface area (Å²) in [5, 5.41) is 41.5. The van der Waals surface area contributed by atoms with Gasteiger partial charge in [-0.2, -0.15) is 20.4 Å². The number of hydrogen-bond acceptors (Lipinski definition) is 19. The summed E-state index contributed by atoms with van der Waals surface area (Å²) in [4.78, 5) is 96.4. The molecule has 4 amide bonds. The Morgan fingerprint density at radius 2 is 0.714 bits per heavy atom. The molecule has 34 heteroatoms. The van der Waals surface area contributed by atoms with Crippen LogP contribution in [0.5, 0.6) is 0 Å². The smallest absolute Gasteiger partial charge is 1.00 e. The molecule has 1 aliphatic heterocycles. The maximum absolute atomic E-state index is 13.3. The zero-order chi connectivity index (χ0) is 87.2. The zero-order valence-electron chi connectivity index (χ0n) is 70.1. The van der Waals surface area contributed by atoms with E-state index in [1.165, 1.54) is 86.2 Å². The molecule has 4 aromatic carbocycles. The fourth-order valence-electron chi connectivity index (χ4n) is 13.8. The minimum atomic E-state index is -0.340. The molecule has 126 heavy (non-hydrogen) atoms. The molecule has 12 aromatic heterocycles. The van der Waals surface area contributed by atoms with Gasteiger partial charge in [-0.3, -0.25) is 58.9 Å². The van der Waals surface area contributed by atoms with Crippen LogP contribution in [0.15, 0.2) is 256 Å². The second-order valence-corrected chi connectivity index (χ2v) is 29.0. The molecule has 3 radical (unpaired) electrons. The minimum Gasteiger partial charge on any atom is -1.00 e. The summed E-state index contributed by atoms with van der Waals surface area (Å²) >= 11 is 3.36. The number of aldehydes is 1. The summed E-state index contributed by atoms with van der Waals surface area (Å²) in [7, 11) is 0. The van der Waals surface area contributed by atoms with Crippen molar-refractivity contribution >= 4 is 104 Å². The van der Waals surface area contributed by atoms with Crippen molar-refractivity contribution in [1.82, 2.24) is 100 Å². The van der Waals surface area contributed by atoms with Crippen molar-refractivity contribution in [2.45, 2.75) is 97.0 Å². The van der Waals surface area contributed by atoms with Crippen LogP contribution in [0.4, 0.5) is 17.6 Å². The largest absolute Gasteiger partial charge is 1.00 e. The summed E-state index contributed by atoms with van der Waals surface area (Å²) in [5.41, 5.74) is 12.2. The number of amides is 4. The van der Waals surface area contributed by atoms with Crippen molar-refractivity contribution in [2.75, 3.05) is 13.2 Å². The summed E-state index contributed by atoms with van der Waals surface area (Å²) in [6, 6.07) is 37.5. The number of nitrogens with one attached hydrogen (secondary N) is 4. The van der Waals surface area contributed by atoms with Gasteiger partial charge in [-0.25, -0.2) is 41.3 Å². The van der Waals surface area contributed by atoms with Crippen molar-refractivity contribution in [3.8, 4) is 22.7 Å². The van der Waals surface area contributed by atoms with Crippen molar-refractivity contribution < 1.29 is 82.4 Å². The van der Waals surface area contributed by atoms with Gasteiger partial charge >= 0.3 is 29.6 Å². The molecule has 1 aliphatic rings. The molecule has 17 rings (SSSR count). The summed E-state index contributed by atoms with van der Waals surface area (Å²) < 4.78 is 65.1. The first-order valence-electron chi connectivity index (χ1n) is 39.7. The third-order valence-corrected chi connectivity index (χ3v) is 20.7. The van der Waals surface area contributed by atoms with E-state index in [1.54, 1.807) is 166 Å². The number of carbonyl (C=O) groups excluding carboxylic acids is 5. The predicted molar refractivity (Wildman–Crippen MR) is 470 cm³/mol. The topological polar surface area (TPSA) is 337 Å². The van der Waals surface area contributed by atoms with Gasteiger partial charge in [0, 0.05) is 92.7 Å². The Kier molecular flexibility index (Phi) is 33.0. The SMILES string of the molecule is C1CCOC1.C=Cc1cc([C@H](CC)NC(=O)c2cncc3c2cnn3-c2ccc(F)cc2)ccn1.CC[C@H](NC(=O)c1cncc2c1cnn2-c1ccc(F)cc1)c1ccnc(Br)c1.CC[C@H](NC(=O)c1cncc2c1cnn2-c1ccc(F)cc1)c1ccnc(C=O)c1.CC[C@H](NC(=O)c1cncc2c1cnn2-c1ccc(F)cc1)c1ccnc(CO)c1.[B].[H-].[Na+]. The Bertz CT molecular complexity index is 6250. The van der Waals surface area contributed by atoms with Crippen LogP contribution in [-0.4, -0.2) is 136 Å². The number of benzene rings is 4. The Morgan fingerprint density at radius 1 is 0.429 bits per heavy atom. The third kappa shape index (κ3) is 22.7. The zero-order valence-corrected chi connectivity index (χ0v) is 72.7. The molecule has 27 nitrogen and oxygen atoms in total. The van der Waals surface area contributed by atoms with Crippen LogP contribution in [0.2, 0.25) is 0 Å². The average molecular weight is 1770 g/mol. The second-order valence-electron chi connectivity index (χ2n) is 28.2. The summed E-state index contributed by atoms with van der Waals surface area (Å²) in [6.45, 7) is 13.5. The van der Waals surface area contributed by atoms with Crippen LogP contribution >= 0.6 is 15.9 Å². The van der Waals surface area contributed by atoms with Crippen molar-refractivity contribution in [2.24, 2.45) is 0 Å². The molecule has 13 heterocycles. The van der Waals surface area contributed by atoms with E-state index >= 15 is 0 Å². The molecule has 1 fully saturated rings. The van der Waals surface area contributed by atoms with E-state index in [4.69, 9.17) is 4.74 Å². The molecule has 633 valence electrons. The Balaban J connectivity index is 0.000000172. The van der Waals surface area contributed by atoms with Crippen LogP contribution in [-0.2, 0) is 11.3 Å². The molecular formula is C92H84BBrF4N20NaO7. The molecule has 5 N–H and O–H groups in total. The van der Waals surface area contributed by atoms with E-state index in [1.807, 2.05) is 58.0 Å². The second kappa shape index (κ2) is 44.7. The summed E-state index contributed by atoms with van der Waals surface area (Å²) in [5.74, 6) is -2.38. The van der Waals surface area contributed by atoms with Crippen LogP contribution in [0, 0.1) is 23.3 Å². The van der Waals surface area contributed by atoms with E-state index in [0.29, 0.717) is 130 Å². The van der Waals surface area contributed by atoms with Crippen LogP contribution in [0.1, 0.15) is 177 Å². The van der Waals surface area contributed by atoms with Crippen LogP contribution < -0.4 is 50.8 Å². The molecule has 0 aliphatic carbocycles. The quantitative estimate of drug-likeness (QED) is 0.0172. The fourth-order valence-corrected chi connectivity index (χ4v) is 14.1. The number of rotatable bonds is 23. The van der Waals surface area contributed by atoms with Crippen molar-refractivity contribution in [1.29, 1.82) is 0 Å². The number of fused-ring (bicyclic) bond motifs is 4. The van der Waals surface area contributed by atoms with E-state index in [9.17, 15) is 46.6 Å². The molecule has 0 saturated carbocycles. The fraction of sp³-hybridized carbons (Fsp3) is 0.185. The standard InChI is InChI=1S/C23H20FN5O.C22H20FN5O2.C22H18FN5O2.C21H17BrFN5O.C4H8O.B.Na.H/c1-3-17-11-15(9-10-26-17)21(4-2)28-23(30)20-12-25-14-22-19(20)13-27-29(22)18-7-5-16(24)6-8-18;2*1-2-20(14-7-8-25-16(9-14)13-29)27-22(30)19-10-24-12-21-18(19)11-26-28(21)17-5-3-15(23)4-6-17;1-2-18(13-7-8-25-20(22)9-13)27-21(29)17-10-24-12-19-16(17)11-26-28(19)15-5-3-14(23)4-6-15;1-2-4-5-3-1;;;/h3,5-14,21H,1,4H2,2H3,(H,28,30);3-12,20,29H,2,13H2,1H3,(H,27,30);3-13,20H,2H2,1H3,(H,27,30);3-12,18H,2H2,1H3,(H,27,29);1-4H2;;;/q;;;;;;+1;-1/t21-;2*20-;18-;;;;/m0000..../s1. The number of hydrogen-bond donors (Lipinski definition) is 5. The number of aliphatic hydroxyl groups excluding tert-OH is 1. The Labute approximate surface area is 755 Å². The monoisotopic (exact) mass is 1770 g/mol.